The number of nitrogens with zero attached hydrogens (tertiary/aromatic N) is 5. The average Bonchev–Trinajstić information content (AvgIpc) is 3.14. The molecule has 3 heterocycles. The van der Waals surface area contributed by atoms with Gasteiger partial charge >= 0.3 is 5.69 Å². The van der Waals surface area contributed by atoms with Crippen molar-refractivity contribution < 1.29 is 4.74 Å². The molecular weight excluding hydrogens is 358 g/mol. The van der Waals surface area contributed by atoms with Gasteiger partial charge in [-0.05, 0) is 39.8 Å². The molecule has 0 aliphatic heterocycles. The van der Waals surface area contributed by atoms with Gasteiger partial charge in [0.2, 0.25) is 5.78 Å². The molecule has 4 aromatic rings. The second kappa shape index (κ2) is 6.12. The molecule has 0 radical (unpaired) electrons. The fourth-order valence-electron chi connectivity index (χ4n) is 3.60. The van der Waals surface area contributed by atoms with E-state index in [2.05, 4.69) is 4.98 Å². The van der Waals surface area contributed by atoms with Crippen LogP contribution in [0.25, 0.3) is 22.6 Å². The second-order valence-electron chi connectivity index (χ2n) is 7.30. The highest BCUT2D eigenvalue weighted by Crippen LogP contribution is 2.26. The first kappa shape index (κ1) is 18.1. The first-order valence-electron chi connectivity index (χ1n) is 9.15. The van der Waals surface area contributed by atoms with Crippen LogP contribution in [0.5, 0.6) is 5.75 Å². The fraction of sp³-hybridized carbons (Fsp3) is 0.350. The SMILES string of the molecule is Cc1c(C)n2c3c(=O)n(C)c(=O)n(C)c3nc2n1-c1cccc(OC(C)C)c1. The molecule has 8 nitrogen and oxygen atoms in total. The van der Waals surface area contributed by atoms with Crippen LogP contribution >= 0.6 is 0 Å². The zero-order valence-electron chi connectivity index (χ0n) is 16.8. The summed E-state index contributed by atoms with van der Waals surface area (Å²) < 4.78 is 12.1. The number of hydrogen-bond donors (Lipinski definition) is 0. The van der Waals surface area contributed by atoms with Crippen molar-refractivity contribution in [2.24, 2.45) is 14.1 Å². The Bertz CT molecular complexity index is 1350. The van der Waals surface area contributed by atoms with Crippen molar-refractivity contribution in [2.75, 3.05) is 0 Å². The molecule has 0 aliphatic carbocycles. The minimum absolute atomic E-state index is 0.0642. The second-order valence-corrected chi connectivity index (χ2v) is 7.30. The van der Waals surface area contributed by atoms with Crippen LogP contribution in [-0.2, 0) is 14.1 Å². The molecule has 3 aromatic heterocycles. The Morgan fingerprint density at radius 1 is 1.04 bits per heavy atom. The van der Waals surface area contributed by atoms with Crippen molar-refractivity contribution in [1.82, 2.24) is 23.1 Å². The normalized spacial score (nSPS) is 11.8. The van der Waals surface area contributed by atoms with E-state index in [1.807, 2.05) is 60.9 Å². The Kier molecular flexibility index (Phi) is 3.95. The van der Waals surface area contributed by atoms with Gasteiger partial charge in [-0.1, -0.05) is 6.07 Å². The summed E-state index contributed by atoms with van der Waals surface area (Å²) in [4.78, 5) is 29.8. The van der Waals surface area contributed by atoms with Crippen LogP contribution in [-0.4, -0.2) is 29.2 Å². The highest BCUT2D eigenvalue weighted by atomic mass is 16.5. The first-order valence-corrected chi connectivity index (χ1v) is 9.15. The smallest absolute Gasteiger partial charge is 0.332 e. The van der Waals surface area contributed by atoms with Crippen LogP contribution in [0.4, 0.5) is 0 Å². The van der Waals surface area contributed by atoms with Crippen LogP contribution in [0.1, 0.15) is 25.2 Å². The summed E-state index contributed by atoms with van der Waals surface area (Å²) in [6.45, 7) is 7.89. The van der Waals surface area contributed by atoms with Gasteiger partial charge in [0.05, 0.1) is 11.8 Å². The largest absolute Gasteiger partial charge is 0.491 e. The molecule has 0 saturated heterocycles. The summed E-state index contributed by atoms with van der Waals surface area (Å²) >= 11 is 0. The minimum Gasteiger partial charge on any atom is -0.491 e. The van der Waals surface area contributed by atoms with Crippen LogP contribution < -0.4 is 16.0 Å². The molecule has 0 N–H and O–H groups in total. The monoisotopic (exact) mass is 381 g/mol. The van der Waals surface area contributed by atoms with Crippen molar-refractivity contribution in [3.63, 3.8) is 0 Å². The van der Waals surface area contributed by atoms with Gasteiger partial charge in [-0.25, -0.2) is 4.79 Å². The Balaban J connectivity index is 2.11. The zero-order chi connectivity index (χ0) is 20.3. The number of aromatic nitrogens is 5. The highest BCUT2D eigenvalue weighted by molar-refractivity contribution is 5.77. The van der Waals surface area contributed by atoms with Gasteiger partial charge in [0.1, 0.15) is 5.75 Å². The molecule has 8 heteroatoms. The third-order valence-electron chi connectivity index (χ3n) is 5.08. The van der Waals surface area contributed by atoms with Gasteiger partial charge in [-0.2, -0.15) is 4.98 Å². The van der Waals surface area contributed by atoms with E-state index in [0.717, 1.165) is 27.4 Å². The topological polar surface area (TPSA) is 75.5 Å². The van der Waals surface area contributed by atoms with Crippen LogP contribution in [0, 0.1) is 13.8 Å². The lowest BCUT2D eigenvalue weighted by Gasteiger charge is -2.12. The third kappa shape index (κ3) is 2.41. The summed E-state index contributed by atoms with van der Waals surface area (Å²) in [5.41, 5.74) is 2.74. The predicted octanol–water partition coefficient (Wildman–Crippen LogP) is 2.08. The Hall–Kier alpha value is -3.29. The van der Waals surface area contributed by atoms with Crippen LogP contribution in [0.3, 0.4) is 0 Å². The summed E-state index contributed by atoms with van der Waals surface area (Å²) in [5, 5.41) is 0. The van der Waals surface area contributed by atoms with E-state index in [4.69, 9.17) is 4.74 Å². The summed E-state index contributed by atoms with van der Waals surface area (Å²) in [5.74, 6) is 1.35. The zero-order valence-corrected chi connectivity index (χ0v) is 16.8. The molecule has 0 bridgehead atoms. The Labute approximate surface area is 161 Å². The number of aryl methyl sites for hydroxylation is 2. The molecule has 28 heavy (non-hydrogen) atoms. The van der Waals surface area contributed by atoms with Crippen molar-refractivity contribution in [2.45, 2.75) is 33.8 Å². The first-order chi connectivity index (χ1) is 13.2. The lowest BCUT2D eigenvalue weighted by molar-refractivity contribution is 0.242. The molecule has 0 fully saturated rings. The van der Waals surface area contributed by atoms with E-state index in [-0.39, 0.29) is 11.7 Å². The lowest BCUT2D eigenvalue weighted by atomic mass is 10.2. The summed E-state index contributed by atoms with van der Waals surface area (Å²) in [6, 6.07) is 7.75. The third-order valence-corrected chi connectivity index (χ3v) is 5.08. The van der Waals surface area contributed by atoms with Crippen LogP contribution in [0.15, 0.2) is 33.9 Å². The van der Waals surface area contributed by atoms with Gasteiger partial charge in [-0.15, -0.1) is 0 Å². The number of benzene rings is 1. The van der Waals surface area contributed by atoms with Gasteiger partial charge in [0, 0.05) is 31.5 Å². The molecule has 0 amide bonds. The molecule has 0 aliphatic rings. The molecule has 1 aromatic carbocycles. The van der Waals surface area contributed by atoms with Crippen molar-refractivity contribution in [3.8, 4) is 11.4 Å². The maximum absolute atomic E-state index is 12.8. The van der Waals surface area contributed by atoms with Gasteiger partial charge in [0.25, 0.3) is 5.56 Å². The van der Waals surface area contributed by atoms with E-state index in [1.54, 1.807) is 7.05 Å². The maximum atomic E-state index is 12.8. The molecular formula is C20H23N5O3. The standard InChI is InChI=1S/C20H23N5O3/c1-11(2)28-15-9-7-8-14(10-15)24-12(3)13(4)25-16-17(21-19(24)25)22(5)20(27)23(6)18(16)26/h7-11H,1-6H3. The summed E-state index contributed by atoms with van der Waals surface area (Å²) in [7, 11) is 3.11. The molecule has 0 saturated carbocycles. The molecule has 0 unspecified atom stereocenters. The molecule has 0 spiro atoms. The van der Waals surface area contributed by atoms with Crippen molar-refractivity contribution >= 4 is 16.9 Å². The van der Waals surface area contributed by atoms with Gasteiger partial charge < -0.3 is 4.74 Å². The van der Waals surface area contributed by atoms with Crippen molar-refractivity contribution in [3.05, 3.63) is 56.5 Å². The van der Waals surface area contributed by atoms with Crippen LogP contribution in [0.2, 0.25) is 0 Å². The van der Waals surface area contributed by atoms with E-state index in [1.165, 1.54) is 11.6 Å². The van der Waals surface area contributed by atoms with Gasteiger partial charge in [0.15, 0.2) is 11.2 Å². The lowest BCUT2D eigenvalue weighted by Crippen LogP contribution is -2.37. The number of hydrogen-bond acceptors (Lipinski definition) is 4. The summed E-state index contributed by atoms with van der Waals surface area (Å²) in [6.07, 6.45) is 0.0642. The van der Waals surface area contributed by atoms with E-state index in [0.29, 0.717) is 16.9 Å². The quantitative estimate of drug-likeness (QED) is 0.545. The number of fused-ring (bicyclic) bond motifs is 3. The van der Waals surface area contributed by atoms with Gasteiger partial charge in [-0.3, -0.25) is 22.9 Å². The number of rotatable bonds is 3. The minimum atomic E-state index is -0.397. The highest BCUT2D eigenvalue weighted by Gasteiger charge is 2.22. The predicted molar refractivity (Wildman–Crippen MR) is 108 cm³/mol. The molecule has 0 atom stereocenters. The Morgan fingerprint density at radius 2 is 1.75 bits per heavy atom. The van der Waals surface area contributed by atoms with E-state index < -0.39 is 5.69 Å². The van der Waals surface area contributed by atoms with E-state index in [9.17, 15) is 9.59 Å². The van der Waals surface area contributed by atoms with Crippen molar-refractivity contribution in [1.29, 1.82) is 0 Å². The Morgan fingerprint density at radius 3 is 2.43 bits per heavy atom. The number of imidazole rings is 2. The molecule has 146 valence electrons. The van der Waals surface area contributed by atoms with E-state index >= 15 is 0 Å². The maximum Gasteiger partial charge on any atom is 0.332 e. The average molecular weight is 381 g/mol. The molecule has 4 rings (SSSR count). The fourth-order valence-corrected chi connectivity index (χ4v) is 3.60. The number of ether oxygens (including phenoxy) is 1.